The summed E-state index contributed by atoms with van der Waals surface area (Å²) < 4.78 is 10.7. The number of aromatic nitrogens is 1. The molecule has 0 bridgehead atoms. The molecule has 0 spiro atoms. The van der Waals surface area contributed by atoms with Crippen LogP contribution in [0.4, 0.5) is 0 Å². The zero-order valence-electron chi connectivity index (χ0n) is 14.2. The monoisotopic (exact) mass is 380 g/mol. The van der Waals surface area contributed by atoms with Gasteiger partial charge in [0.1, 0.15) is 5.76 Å². The van der Waals surface area contributed by atoms with Gasteiger partial charge in [-0.15, -0.1) is 11.3 Å². The molecular formula is C20H16N2O4S. The minimum Gasteiger partial charge on any atom is -0.466 e. The number of furan rings is 1. The van der Waals surface area contributed by atoms with Crippen LogP contribution in [0.5, 0.6) is 0 Å². The van der Waals surface area contributed by atoms with E-state index in [0.29, 0.717) is 16.4 Å². The maximum absolute atomic E-state index is 12.5. The first-order valence-corrected chi connectivity index (χ1v) is 9.15. The van der Waals surface area contributed by atoms with Crippen molar-refractivity contribution in [1.29, 1.82) is 0 Å². The van der Waals surface area contributed by atoms with Gasteiger partial charge in [-0.1, -0.05) is 41.6 Å². The predicted molar refractivity (Wildman–Crippen MR) is 100 cm³/mol. The van der Waals surface area contributed by atoms with Crippen LogP contribution in [-0.2, 0) is 5.60 Å². The summed E-state index contributed by atoms with van der Waals surface area (Å²) in [5.74, 6) is 0.415. The third kappa shape index (κ3) is 3.42. The second-order valence-electron chi connectivity index (χ2n) is 5.94. The van der Waals surface area contributed by atoms with Crippen molar-refractivity contribution in [3.8, 4) is 11.3 Å². The molecule has 2 N–H and O–H groups in total. The number of carbonyl (C=O) groups is 1. The van der Waals surface area contributed by atoms with E-state index in [1.54, 1.807) is 24.3 Å². The molecule has 136 valence electrons. The number of thiophene rings is 1. The minimum atomic E-state index is -1.46. The van der Waals surface area contributed by atoms with Crippen molar-refractivity contribution in [2.75, 3.05) is 6.54 Å². The molecule has 6 nitrogen and oxygen atoms in total. The molecule has 0 unspecified atom stereocenters. The molecule has 0 fully saturated rings. The first-order chi connectivity index (χ1) is 13.2. The van der Waals surface area contributed by atoms with Crippen LogP contribution >= 0.6 is 11.3 Å². The highest BCUT2D eigenvalue weighted by Crippen LogP contribution is 2.32. The van der Waals surface area contributed by atoms with Crippen LogP contribution in [0.1, 0.15) is 21.1 Å². The number of aliphatic hydroxyl groups is 1. The Morgan fingerprint density at radius 3 is 2.70 bits per heavy atom. The Hall–Kier alpha value is -3.16. The number of nitrogens with zero attached hydrogens (tertiary/aromatic N) is 1. The number of nitrogens with one attached hydrogen (secondary N) is 1. The molecule has 27 heavy (non-hydrogen) atoms. The van der Waals surface area contributed by atoms with Gasteiger partial charge in [0.05, 0.1) is 12.8 Å². The summed E-state index contributed by atoms with van der Waals surface area (Å²) >= 11 is 1.38. The van der Waals surface area contributed by atoms with Gasteiger partial charge in [-0.05, 0) is 23.6 Å². The second kappa shape index (κ2) is 7.22. The highest BCUT2D eigenvalue weighted by Gasteiger charge is 2.36. The number of hydrogen-bond acceptors (Lipinski definition) is 6. The van der Waals surface area contributed by atoms with E-state index in [9.17, 15) is 9.90 Å². The van der Waals surface area contributed by atoms with Gasteiger partial charge in [0.25, 0.3) is 5.91 Å². The van der Waals surface area contributed by atoms with Crippen molar-refractivity contribution in [2.24, 2.45) is 0 Å². The van der Waals surface area contributed by atoms with Gasteiger partial charge in [-0.3, -0.25) is 4.79 Å². The van der Waals surface area contributed by atoms with E-state index in [4.69, 9.17) is 8.94 Å². The van der Waals surface area contributed by atoms with E-state index in [-0.39, 0.29) is 12.2 Å². The van der Waals surface area contributed by atoms with Gasteiger partial charge >= 0.3 is 0 Å². The molecule has 3 aromatic heterocycles. The average molecular weight is 380 g/mol. The van der Waals surface area contributed by atoms with Crippen molar-refractivity contribution in [1.82, 2.24) is 10.5 Å². The van der Waals surface area contributed by atoms with Crippen molar-refractivity contribution >= 4 is 17.2 Å². The number of hydrogen-bond donors (Lipinski definition) is 2. The Balaban J connectivity index is 1.52. The average Bonchev–Trinajstić information content (AvgIpc) is 3.48. The van der Waals surface area contributed by atoms with Gasteiger partial charge < -0.3 is 19.4 Å². The number of benzene rings is 1. The van der Waals surface area contributed by atoms with E-state index in [2.05, 4.69) is 10.5 Å². The third-order valence-corrected chi connectivity index (χ3v) is 5.18. The van der Waals surface area contributed by atoms with Crippen LogP contribution in [0.3, 0.4) is 0 Å². The lowest BCUT2D eigenvalue weighted by molar-refractivity contribution is 0.0551. The summed E-state index contributed by atoms with van der Waals surface area (Å²) in [7, 11) is 0. The van der Waals surface area contributed by atoms with Crippen LogP contribution < -0.4 is 5.32 Å². The molecule has 0 radical (unpaired) electrons. The van der Waals surface area contributed by atoms with E-state index >= 15 is 0 Å². The van der Waals surface area contributed by atoms with Gasteiger partial charge in [0, 0.05) is 16.5 Å². The lowest BCUT2D eigenvalue weighted by atomic mass is 9.98. The molecule has 0 saturated carbocycles. The van der Waals surface area contributed by atoms with Crippen LogP contribution in [0.2, 0.25) is 0 Å². The summed E-state index contributed by atoms with van der Waals surface area (Å²) in [5, 5.41) is 19.6. The van der Waals surface area contributed by atoms with Crippen LogP contribution in [-0.4, -0.2) is 22.7 Å². The SMILES string of the molecule is O=C(NC[C@](O)(c1ccco1)c1cccs1)c1cc(-c2ccccc2)on1. The zero-order valence-corrected chi connectivity index (χ0v) is 15.0. The first kappa shape index (κ1) is 17.3. The maximum atomic E-state index is 12.5. The standard InChI is InChI=1S/C20H16N2O4S/c23-19(15-12-16(26-22-15)14-6-2-1-3-7-14)21-13-20(24,17-8-4-10-25-17)18-9-5-11-27-18/h1-12,24H,13H2,(H,21,23)/t20-/m0/s1. The van der Waals surface area contributed by atoms with E-state index in [1.807, 2.05) is 41.8 Å². The van der Waals surface area contributed by atoms with Crippen LogP contribution in [0.25, 0.3) is 11.3 Å². The van der Waals surface area contributed by atoms with Gasteiger partial charge in [-0.2, -0.15) is 0 Å². The fraction of sp³-hybridized carbons (Fsp3) is 0.100. The number of carbonyl (C=O) groups excluding carboxylic acids is 1. The molecule has 4 rings (SSSR count). The molecule has 4 aromatic rings. The summed E-state index contributed by atoms with van der Waals surface area (Å²) in [6.45, 7) is -0.0621. The largest absolute Gasteiger partial charge is 0.466 e. The normalized spacial score (nSPS) is 13.2. The van der Waals surface area contributed by atoms with E-state index < -0.39 is 11.5 Å². The van der Waals surface area contributed by atoms with Crippen molar-refractivity contribution < 1.29 is 18.8 Å². The van der Waals surface area contributed by atoms with E-state index in [0.717, 1.165) is 5.56 Å². The summed E-state index contributed by atoms with van der Waals surface area (Å²) in [4.78, 5) is 13.2. The van der Waals surface area contributed by atoms with Crippen LogP contribution in [0.15, 0.2) is 81.2 Å². The molecule has 0 saturated heterocycles. The first-order valence-electron chi connectivity index (χ1n) is 8.27. The summed E-state index contributed by atoms with van der Waals surface area (Å²) in [5.41, 5.74) is -0.490. The molecule has 7 heteroatoms. The number of amides is 1. The predicted octanol–water partition coefficient (Wildman–Crippen LogP) is 3.66. The fourth-order valence-corrected chi connectivity index (χ4v) is 3.57. The fourth-order valence-electron chi connectivity index (χ4n) is 2.74. The Morgan fingerprint density at radius 2 is 2.00 bits per heavy atom. The maximum Gasteiger partial charge on any atom is 0.273 e. The molecule has 1 amide bonds. The van der Waals surface area contributed by atoms with Crippen LogP contribution in [0, 0.1) is 0 Å². The summed E-state index contributed by atoms with van der Waals surface area (Å²) in [6, 6.07) is 18.0. The minimum absolute atomic E-state index is 0.0621. The molecule has 1 aromatic carbocycles. The Labute approximate surface area is 159 Å². The smallest absolute Gasteiger partial charge is 0.273 e. The molecule has 0 aliphatic carbocycles. The zero-order chi connectivity index (χ0) is 18.7. The van der Waals surface area contributed by atoms with Gasteiger partial charge in [0.2, 0.25) is 0 Å². The lowest BCUT2D eigenvalue weighted by Gasteiger charge is -2.25. The molecule has 3 heterocycles. The highest BCUT2D eigenvalue weighted by molar-refractivity contribution is 7.10. The third-order valence-electron chi connectivity index (χ3n) is 4.16. The quantitative estimate of drug-likeness (QED) is 0.533. The van der Waals surface area contributed by atoms with Gasteiger partial charge in [0.15, 0.2) is 17.1 Å². The molecular weight excluding hydrogens is 364 g/mol. The Morgan fingerprint density at radius 1 is 1.15 bits per heavy atom. The number of rotatable bonds is 6. The molecule has 0 aliphatic rings. The van der Waals surface area contributed by atoms with Crippen molar-refractivity contribution in [3.05, 3.63) is 88.6 Å². The van der Waals surface area contributed by atoms with Crippen molar-refractivity contribution in [2.45, 2.75) is 5.60 Å². The highest BCUT2D eigenvalue weighted by atomic mass is 32.1. The second-order valence-corrected chi connectivity index (χ2v) is 6.89. The molecule has 0 aliphatic heterocycles. The molecule has 1 atom stereocenters. The lowest BCUT2D eigenvalue weighted by Crippen LogP contribution is -2.41. The van der Waals surface area contributed by atoms with Crippen molar-refractivity contribution in [3.63, 3.8) is 0 Å². The van der Waals surface area contributed by atoms with Gasteiger partial charge in [-0.25, -0.2) is 0 Å². The Bertz CT molecular complexity index is 973. The summed E-state index contributed by atoms with van der Waals surface area (Å²) in [6.07, 6.45) is 1.49. The Kier molecular flexibility index (Phi) is 4.62. The topological polar surface area (TPSA) is 88.5 Å². The van der Waals surface area contributed by atoms with E-state index in [1.165, 1.54) is 17.6 Å².